The lowest BCUT2D eigenvalue weighted by Gasteiger charge is -2.31. The van der Waals surface area contributed by atoms with Crippen molar-refractivity contribution in [2.24, 2.45) is 11.8 Å². The Morgan fingerprint density at radius 3 is 2.66 bits per heavy atom. The topological polar surface area (TPSA) is 61.7 Å². The number of carbonyl (C=O) groups is 2. The number of aryl methyl sites for hydroxylation is 1. The van der Waals surface area contributed by atoms with Crippen LogP contribution in [0.1, 0.15) is 29.0 Å². The first-order chi connectivity index (χ1) is 13.9. The lowest BCUT2D eigenvalue weighted by molar-refractivity contribution is 0.0759. The molecule has 0 bridgehead atoms. The molecule has 3 atom stereocenters. The van der Waals surface area contributed by atoms with E-state index in [4.69, 9.17) is 0 Å². The van der Waals surface area contributed by atoms with Gasteiger partial charge in [-0.05, 0) is 30.7 Å². The maximum absolute atomic E-state index is 13.9. The average Bonchev–Trinajstić information content (AvgIpc) is 3.40. The molecule has 1 aromatic heterocycles. The van der Waals surface area contributed by atoms with E-state index < -0.39 is 0 Å². The van der Waals surface area contributed by atoms with E-state index in [1.807, 2.05) is 22.8 Å². The van der Waals surface area contributed by atoms with E-state index in [-0.39, 0.29) is 35.6 Å². The SMILES string of the molecule is CCn1ccc(C(=O)N2C[C@@H]3CN(C(=O)N(C)C)[C@@H](c4cccc(F)c4)[C@@H]3C2)n1. The van der Waals surface area contributed by atoms with Gasteiger partial charge in [0.15, 0.2) is 0 Å². The highest BCUT2D eigenvalue weighted by Crippen LogP contribution is 2.45. The summed E-state index contributed by atoms with van der Waals surface area (Å²) in [6, 6.07) is 7.83. The first-order valence-electron chi connectivity index (χ1n) is 9.95. The number of carbonyl (C=O) groups excluding carboxylic acids is 2. The Bertz CT molecular complexity index is 927. The number of nitrogens with zero attached hydrogens (tertiary/aromatic N) is 5. The minimum absolute atomic E-state index is 0.0675. The van der Waals surface area contributed by atoms with Crippen LogP contribution < -0.4 is 0 Å². The second kappa shape index (κ2) is 7.50. The van der Waals surface area contributed by atoms with Gasteiger partial charge in [0, 0.05) is 58.3 Å². The van der Waals surface area contributed by atoms with E-state index >= 15 is 0 Å². The molecular weight excluding hydrogens is 373 g/mol. The van der Waals surface area contributed by atoms with Gasteiger partial charge in [0.25, 0.3) is 5.91 Å². The highest BCUT2D eigenvalue weighted by atomic mass is 19.1. The van der Waals surface area contributed by atoms with Crippen molar-refractivity contribution in [3.63, 3.8) is 0 Å². The van der Waals surface area contributed by atoms with Crippen LogP contribution in [0.3, 0.4) is 0 Å². The Kier molecular flexibility index (Phi) is 5.02. The van der Waals surface area contributed by atoms with Crippen LogP contribution in [0.25, 0.3) is 0 Å². The smallest absolute Gasteiger partial charge is 0.320 e. The highest BCUT2D eigenvalue weighted by Gasteiger charge is 2.50. The van der Waals surface area contributed by atoms with Crippen molar-refractivity contribution >= 4 is 11.9 Å². The van der Waals surface area contributed by atoms with Crippen molar-refractivity contribution in [3.05, 3.63) is 53.6 Å². The molecule has 2 aliphatic rings. The van der Waals surface area contributed by atoms with Crippen molar-refractivity contribution < 1.29 is 14.0 Å². The lowest BCUT2D eigenvalue weighted by Crippen LogP contribution is -2.42. The van der Waals surface area contributed by atoms with Gasteiger partial charge in [0.05, 0.1) is 6.04 Å². The van der Waals surface area contributed by atoms with Crippen molar-refractivity contribution in [1.82, 2.24) is 24.5 Å². The monoisotopic (exact) mass is 399 g/mol. The maximum Gasteiger partial charge on any atom is 0.320 e. The third-order valence-electron chi connectivity index (χ3n) is 5.95. The fraction of sp³-hybridized carbons (Fsp3) is 0.476. The zero-order valence-corrected chi connectivity index (χ0v) is 17.0. The molecule has 2 aliphatic heterocycles. The van der Waals surface area contributed by atoms with E-state index in [2.05, 4.69) is 5.10 Å². The van der Waals surface area contributed by atoms with Gasteiger partial charge in [-0.2, -0.15) is 5.10 Å². The molecular formula is C21H26FN5O2. The molecule has 0 aliphatic carbocycles. The molecule has 0 saturated carbocycles. The fourth-order valence-electron chi connectivity index (χ4n) is 4.60. The molecule has 7 nitrogen and oxygen atoms in total. The number of likely N-dealkylation sites (tertiary alicyclic amines) is 2. The second-order valence-corrected chi connectivity index (χ2v) is 8.02. The molecule has 0 spiro atoms. The third kappa shape index (κ3) is 3.47. The van der Waals surface area contributed by atoms with Crippen LogP contribution in [0.15, 0.2) is 36.5 Å². The van der Waals surface area contributed by atoms with Crippen LogP contribution in [-0.2, 0) is 6.54 Å². The number of benzene rings is 1. The molecule has 29 heavy (non-hydrogen) atoms. The third-order valence-corrected chi connectivity index (χ3v) is 5.95. The van der Waals surface area contributed by atoms with Gasteiger partial charge in [-0.25, -0.2) is 9.18 Å². The number of fused-ring (bicyclic) bond motifs is 1. The van der Waals surface area contributed by atoms with Crippen LogP contribution in [0.5, 0.6) is 0 Å². The number of hydrogen-bond acceptors (Lipinski definition) is 3. The fourth-order valence-corrected chi connectivity index (χ4v) is 4.60. The maximum atomic E-state index is 13.9. The van der Waals surface area contributed by atoms with Gasteiger partial charge in [0.1, 0.15) is 11.5 Å². The van der Waals surface area contributed by atoms with E-state index in [1.54, 1.807) is 42.0 Å². The van der Waals surface area contributed by atoms with Crippen molar-refractivity contribution in [2.75, 3.05) is 33.7 Å². The zero-order chi connectivity index (χ0) is 20.7. The highest BCUT2D eigenvalue weighted by molar-refractivity contribution is 5.92. The molecule has 4 rings (SSSR count). The Morgan fingerprint density at radius 2 is 2.00 bits per heavy atom. The van der Waals surface area contributed by atoms with E-state index in [0.29, 0.717) is 31.9 Å². The summed E-state index contributed by atoms with van der Waals surface area (Å²) >= 11 is 0. The van der Waals surface area contributed by atoms with Crippen LogP contribution in [0.4, 0.5) is 9.18 Å². The molecule has 0 N–H and O–H groups in total. The predicted octanol–water partition coefficient (Wildman–Crippen LogP) is 2.47. The minimum atomic E-state index is -0.320. The summed E-state index contributed by atoms with van der Waals surface area (Å²) in [5, 5.41) is 4.33. The van der Waals surface area contributed by atoms with Crippen LogP contribution in [0, 0.1) is 17.7 Å². The normalized spacial score (nSPS) is 23.4. The van der Waals surface area contributed by atoms with E-state index in [1.165, 1.54) is 12.1 Å². The summed E-state index contributed by atoms with van der Waals surface area (Å²) in [7, 11) is 3.44. The Balaban J connectivity index is 1.60. The molecule has 154 valence electrons. The van der Waals surface area contributed by atoms with E-state index in [0.717, 1.165) is 5.56 Å². The molecule has 3 amide bonds. The summed E-state index contributed by atoms with van der Waals surface area (Å²) in [5.41, 5.74) is 1.22. The Morgan fingerprint density at radius 1 is 1.21 bits per heavy atom. The molecule has 2 saturated heterocycles. The van der Waals surface area contributed by atoms with Crippen LogP contribution in [0.2, 0.25) is 0 Å². The lowest BCUT2D eigenvalue weighted by atomic mass is 9.89. The van der Waals surface area contributed by atoms with Crippen LogP contribution >= 0.6 is 0 Å². The van der Waals surface area contributed by atoms with Gasteiger partial charge < -0.3 is 14.7 Å². The molecule has 3 heterocycles. The van der Waals surface area contributed by atoms with Crippen molar-refractivity contribution in [1.29, 1.82) is 0 Å². The molecule has 0 unspecified atom stereocenters. The molecule has 2 aromatic rings. The quantitative estimate of drug-likeness (QED) is 0.797. The standard InChI is InChI=1S/C21H26FN5O2/c1-4-26-9-8-18(23-26)20(28)25-11-15-12-27(21(29)24(2)3)19(17(15)13-25)14-6-5-7-16(22)10-14/h5-10,15,17,19H,4,11-13H2,1-3H3/t15-,17-,19+/m1/s1. The number of halogens is 1. The number of aromatic nitrogens is 2. The first kappa shape index (κ1) is 19.4. The zero-order valence-electron chi connectivity index (χ0n) is 17.0. The predicted molar refractivity (Wildman–Crippen MR) is 106 cm³/mol. The Labute approximate surface area is 169 Å². The van der Waals surface area contributed by atoms with Gasteiger partial charge in [-0.1, -0.05) is 12.1 Å². The summed E-state index contributed by atoms with van der Waals surface area (Å²) < 4.78 is 15.7. The molecule has 8 heteroatoms. The van der Waals surface area contributed by atoms with Gasteiger partial charge in [-0.15, -0.1) is 0 Å². The molecule has 2 fully saturated rings. The number of urea groups is 1. The van der Waals surface area contributed by atoms with Gasteiger partial charge >= 0.3 is 6.03 Å². The van der Waals surface area contributed by atoms with Gasteiger partial charge in [0.2, 0.25) is 0 Å². The number of amides is 3. The van der Waals surface area contributed by atoms with Crippen LogP contribution in [-0.4, -0.2) is 70.1 Å². The molecule has 0 radical (unpaired) electrons. The summed E-state index contributed by atoms with van der Waals surface area (Å²) in [4.78, 5) is 30.9. The summed E-state index contributed by atoms with van der Waals surface area (Å²) in [6.07, 6.45) is 1.80. The largest absolute Gasteiger partial charge is 0.337 e. The number of rotatable bonds is 3. The van der Waals surface area contributed by atoms with Crippen molar-refractivity contribution in [3.8, 4) is 0 Å². The summed E-state index contributed by atoms with van der Waals surface area (Å²) in [6.45, 7) is 4.34. The number of hydrogen-bond donors (Lipinski definition) is 0. The minimum Gasteiger partial charge on any atom is -0.337 e. The molecule has 1 aromatic carbocycles. The van der Waals surface area contributed by atoms with E-state index in [9.17, 15) is 14.0 Å². The first-order valence-corrected chi connectivity index (χ1v) is 9.95. The van der Waals surface area contributed by atoms with Gasteiger partial charge in [-0.3, -0.25) is 9.48 Å². The average molecular weight is 399 g/mol. The summed E-state index contributed by atoms with van der Waals surface area (Å²) in [5.74, 6) is -0.184. The second-order valence-electron chi connectivity index (χ2n) is 8.02. The van der Waals surface area contributed by atoms with Crippen molar-refractivity contribution in [2.45, 2.75) is 19.5 Å². The Hall–Kier alpha value is -2.90.